The van der Waals surface area contributed by atoms with Crippen LogP contribution in [0.25, 0.3) is 0 Å². The summed E-state index contributed by atoms with van der Waals surface area (Å²) >= 11 is 0. The van der Waals surface area contributed by atoms with Crippen molar-refractivity contribution in [2.75, 3.05) is 0 Å². The van der Waals surface area contributed by atoms with Crippen molar-refractivity contribution in [3.8, 4) is 11.8 Å². The lowest BCUT2D eigenvalue weighted by atomic mass is 10.1. The van der Waals surface area contributed by atoms with Crippen LogP contribution in [0.5, 0.6) is 0 Å². The van der Waals surface area contributed by atoms with Gasteiger partial charge in [-0.2, -0.15) is 0 Å². The number of nitrogens with two attached hydrogens (primary N) is 2. The average Bonchev–Trinajstić information content (AvgIpc) is 2.15. The molecule has 0 saturated carbocycles. The number of nitrogen functional groups attached to an aromatic ring is 1. The quantitative estimate of drug-likeness (QED) is 0.323. The zero-order valence-electron chi connectivity index (χ0n) is 7.37. The van der Waals surface area contributed by atoms with E-state index in [4.69, 9.17) is 16.9 Å². The first-order valence-corrected chi connectivity index (χ1v) is 3.85. The highest BCUT2D eigenvalue weighted by Crippen LogP contribution is 2.02. The molecule has 4 heteroatoms. The van der Waals surface area contributed by atoms with Gasteiger partial charge in [0.2, 0.25) is 0 Å². The number of carbonyl (C=O) groups excluding carboxylic acids is 1. The Kier molecular flexibility index (Phi) is 2.87. The van der Waals surface area contributed by atoms with Crippen LogP contribution in [-0.4, -0.2) is 11.7 Å². The first-order chi connectivity index (χ1) is 6.59. The molecule has 1 aromatic rings. The Morgan fingerprint density at radius 2 is 2.07 bits per heavy atom. The number of amides is 1. The number of carbonyl (C=O) groups is 1. The van der Waals surface area contributed by atoms with Gasteiger partial charge in [-0.05, 0) is 18.1 Å². The minimum atomic E-state index is -0.682. The molecule has 5 N–H and O–H groups in total. The fourth-order valence-corrected chi connectivity index (χ4v) is 0.898. The van der Waals surface area contributed by atoms with Crippen LogP contribution >= 0.6 is 0 Å². The van der Waals surface area contributed by atoms with E-state index in [1.807, 2.05) is 0 Å². The molecule has 0 aliphatic heterocycles. The third kappa shape index (κ3) is 2.64. The van der Waals surface area contributed by atoms with Crippen LogP contribution in [0.15, 0.2) is 24.3 Å². The Hall–Kier alpha value is -2.28. The van der Waals surface area contributed by atoms with Crippen molar-refractivity contribution in [1.82, 2.24) is 0 Å². The minimum absolute atomic E-state index is 0.0345. The summed E-state index contributed by atoms with van der Waals surface area (Å²) in [6, 6.07) is 6.74. The van der Waals surface area contributed by atoms with Gasteiger partial charge in [-0.1, -0.05) is 18.1 Å². The molecule has 1 rings (SSSR count). The lowest BCUT2D eigenvalue weighted by Crippen LogP contribution is -2.10. The van der Waals surface area contributed by atoms with Crippen LogP contribution < -0.4 is 11.5 Å². The van der Waals surface area contributed by atoms with E-state index in [0.29, 0.717) is 11.1 Å². The number of nitrogens with one attached hydrogen (secondary N) is 1. The van der Waals surface area contributed by atoms with Crippen molar-refractivity contribution in [2.45, 2.75) is 0 Å². The second-order valence-electron chi connectivity index (χ2n) is 2.61. The van der Waals surface area contributed by atoms with E-state index in [0.717, 1.165) is 0 Å². The molecule has 0 spiro atoms. The van der Waals surface area contributed by atoms with Crippen molar-refractivity contribution in [3.63, 3.8) is 0 Å². The number of amidine groups is 1. The van der Waals surface area contributed by atoms with Crippen molar-refractivity contribution in [3.05, 3.63) is 35.4 Å². The summed E-state index contributed by atoms with van der Waals surface area (Å²) in [4.78, 5) is 10.4. The second kappa shape index (κ2) is 4.10. The van der Waals surface area contributed by atoms with Gasteiger partial charge < -0.3 is 11.5 Å². The number of benzene rings is 1. The monoisotopic (exact) mass is 187 g/mol. The van der Waals surface area contributed by atoms with Crippen molar-refractivity contribution >= 4 is 11.7 Å². The average molecular weight is 187 g/mol. The van der Waals surface area contributed by atoms with Crippen LogP contribution in [0.3, 0.4) is 0 Å². The Bertz CT molecular complexity index is 440. The molecule has 4 nitrogen and oxygen atoms in total. The van der Waals surface area contributed by atoms with Crippen LogP contribution in [0.4, 0.5) is 0 Å². The standard InChI is InChI=1S/C10H9N3O/c11-9(14)5-4-7-2-1-3-8(6-7)10(12)13/h1-3,6H,(H2,11,14)(H3,12,13). The number of hydrogen-bond donors (Lipinski definition) is 3. The van der Waals surface area contributed by atoms with Crippen LogP contribution in [-0.2, 0) is 4.79 Å². The topological polar surface area (TPSA) is 93.0 Å². The lowest BCUT2D eigenvalue weighted by Gasteiger charge is -1.97. The molecule has 0 aliphatic carbocycles. The Balaban J connectivity index is 3.02. The molecule has 1 aromatic carbocycles. The highest BCUT2D eigenvalue weighted by molar-refractivity contribution is 5.95. The summed E-state index contributed by atoms with van der Waals surface area (Å²) in [5, 5.41) is 7.19. The zero-order chi connectivity index (χ0) is 10.6. The van der Waals surface area contributed by atoms with Gasteiger partial charge in [-0.3, -0.25) is 10.2 Å². The Morgan fingerprint density at radius 3 is 2.64 bits per heavy atom. The van der Waals surface area contributed by atoms with E-state index < -0.39 is 5.91 Å². The molecule has 0 heterocycles. The molecule has 0 fully saturated rings. The SMILES string of the molecule is N=C(N)c1cccc(C#CC(N)=O)c1. The van der Waals surface area contributed by atoms with E-state index >= 15 is 0 Å². The van der Waals surface area contributed by atoms with E-state index in [1.54, 1.807) is 24.3 Å². The van der Waals surface area contributed by atoms with Crippen molar-refractivity contribution < 1.29 is 4.79 Å². The first-order valence-electron chi connectivity index (χ1n) is 3.85. The summed E-state index contributed by atoms with van der Waals surface area (Å²) in [6.07, 6.45) is 0. The molecule has 0 aromatic heterocycles. The Labute approximate surface area is 81.4 Å². The smallest absolute Gasteiger partial charge is 0.293 e. The molecule has 0 aliphatic rings. The van der Waals surface area contributed by atoms with Gasteiger partial charge in [0.05, 0.1) is 0 Å². The first kappa shape index (κ1) is 9.81. The molecule has 0 saturated heterocycles. The van der Waals surface area contributed by atoms with Gasteiger partial charge in [-0.25, -0.2) is 0 Å². The van der Waals surface area contributed by atoms with Crippen LogP contribution in [0, 0.1) is 17.3 Å². The molecule has 0 atom stereocenters. The largest absolute Gasteiger partial charge is 0.384 e. The molecule has 1 amide bonds. The lowest BCUT2D eigenvalue weighted by molar-refractivity contribution is -0.112. The molecule has 0 radical (unpaired) electrons. The second-order valence-corrected chi connectivity index (χ2v) is 2.61. The van der Waals surface area contributed by atoms with Crippen molar-refractivity contribution in [1.29, 1.82) is 5.41 Å². The van der Waals surface area contributed by atoms with E-state index in [9.17, 15) is 4.79 Å². The van der Waals surface area contributed by atoms with Crippen LogP contribution in [0.1, 0.15) is 11.1 Å². The van der Waals surface area contributed by atoms with Crippen LogP contribution in [0.2, 0.25) is 0 Å². The van der Waals surface area contributed by atoms with Gasteiger partial charge in [-0.15, -0.1) is 0 Å². The summed E-state index contributed by atoms with van der Waals surface area (Å²) in [6.45, 7) is 0. The van der Waals surface area contributed by atoms with Gasteiger partial charge >= 0.3 is 0 Å². The van der Waals surface area contributed by atoms with Gasteiger partial charge in [0, 0.05) is 11.1 Å². The highest BCUT2D eigenvalue weighted by atomic mass is 16.1. The maximum Gasteiger partial charge on any atom is 0.293 e. The van der Waals surface area contributed by atoms with E-state index in [-0.39, 0.29) is 5.84 Å². The number of primary amides is 1. The van der Waals surface area contributed by atoms with Gasteiger partial charge in [0.25, 0.3) is 5.91 Å². The van der Waals surface area contributed by atoms with Gasteiger partial charge in [0.1, 0.15) is 5.84 Å². The summed E-state index contributed by atoms with van der Waals surface area (Å²) < 4.78 is 0. The maximum atomic E-state index is 10.4. The third-order valence-corrected chi connectivity index (χ3v) is 1.50. The summed E-state index contributed by atoms with van der Waals surface area (Å²) in [5.74, 6) is 4.05. The van der Waals surface area contributed by atoms with E-state index in [2.05, 4.69) is 11.8 Å². The zero-order valence-corrected chi connectivity index (χ0v) is 7.37. The molecule has 70 valence electrons. The maximum absolute atomic E-state index is 10.4. The third-order valence-electron chi connectivity index (χ3n) is 1.50. The predicted molar refractivity (Wildman–Crippen MR) is 53.5 cm³/mol. The van der Waals surface area contributed by atoms with Crippen molar-refractivity contribution in [2.24, 2.45) is 11.5 Å². The fraction of sp³-hybridized carbons (Fsp3) is 0. The molecular formula is C10H9N3O. The summed E-state index contributed by atoms with van der Waals surface area (Å²) in [5.41, 5.74) is 11.3. The summed E-state index contributed by atoms with van der Waals surface area (Å²) in [7, 11) is 0. The minimum Gasteiger partial charge on any atom is -0.384 e. The van der Waals surface area contributed by atoms with Gasteiger partial charge in [0.15, 0.2) is 0 Å². The predicted octanol–water partition coefficient (Wildman–Crippen LogP) is -0.193. The molecular weight excluding hydrogens is 178 g/mol. The molecule has 0 bridgehead atoms. The van der Waals surface area contributed by atoms with E-state index in [1.165, 1.54) is 0 Å². The molecule has 0 unspecified atom stereocenters. The molecule has 14 heavy (non-hydrogen) atoms. The normalized spacial score (nSPS) is 8.57. The number of hydrogen-bond acceptors (Lipinski definition) is 2. The highest BCUT2D eigenvalue weighted by Gasteiger charge is 1.95. The fourth-order valence-electron chi connectivity index (χ4n) is 0.898. The number of rotatable bonds is 1. The Morgan fingerprint density at radius 1 is 1.36 bits per heavy atom.